The van der Waals surface area contributed by atoms with Crippen LogP contribution in [0.5, 0.6) is 11.9 Å². The number of carboxylic acid groups (broad SMARTS) is 1. The number of aliphatic carboxylic acids is 1. The molecule has 1 aromatic heterocycles. The number of rotatable bonds is 6. The molecule has 0 aliphatic rings. The van der Waals surface area contributed by atoms with Gasteiger partial charge in [0.25, 0.3) is 0 Å². The molecule has 18 heavy (non-hydrogen) atoms. The summed E-state index contributed by atoms with van der Waals surface area (Å²) in [4.78, 5) is 29.3. The van der Waals surface area contributed by atoms with Crippen molar-refractivity contribution in [2.24, 2.45) is 0 Å². The zero-order chi connectivity index (χ0) is 13.5. The molecular formula is C10H12N3O5-. The smallest absolute Gasteiger partial charge is 0.321 e. The van der Waals surface area contributed by atoms with E-state index in [4.69, 9.17) is 9.47 Å². The number of methoxy groups -OCH3 is 2. The Hall–Kier alpha value is -2.38. The van der Waals surface area contributed by atoms with E-state index in [2.05, 4.69) is 15.3 Å². The Morgan fingerprint density at radius 3 is 2.56 bits per heavy atom. The number of carboxylic acids is 1. The Bertz CT molecular complexity index is 427. The lowest BCUT2D eigenvalue weighted by molar-refractivity contribution is -0.305. The van der Waals surface area contributed by atoms with Gasteiger partial charge in [-0.25, -0.2) is 0 Å². The van der Waals surface area contributed by atoms with Crippen LogP contribution in [0.25, 0.3) is 0 Å². The van der Waals surface area contributed by atoms with Gasteiger partial charge in [0.15, 0.2) is 0 Å². The molecule has 0 bridgehead atoms. The molecule has 0 unspecified atom stereocenters. The third kappa shape index (κ3) is 4.24. The fraction of sp³-hybridized carbons (Fsp3) is 0.400. The summed E-state index contributed by atoms with van der Waals surface area (Å²) in [5, 5.41) is 12.6. The highest BCUT2D eigenvalue weighted by Crippen LogP contribution is 2.17. The first-order valence-electron chi connectivity index (χ1n) is 5.02. The van der Waals surface area contributed by atoms with E-state index in [0.29, 0.717) is 0 Å². The van der Waals surface area contributed by atoms with Crippen LogP contribution in [-0.2, 0) is 9.59 Å². The SMILES string of the molecule is COc1cc(NC(=O)CCC(=O)[O-])nc(OC)n1. The second-order valence-electron chi connectivity index (χ2n) is 3.20. The van der Waals surface area contributed by atoms with Crippen molar-refractivity contribution in [1.82, 2.24) is 9.97 Å². The van der Waals surface area contributed by atoms with E-state index in [1.54, 1.807) is 0 Å². The average Bonchev–Trinajstić information content (AvgIpc) is 2.35. The maximum Gasteiger partial charge on any atom is 0.321 e. The molecule has 0 saturated carbocycles. The molecule has 1 aromatic rings. The van der Waals surface area contributed by atoms with Crippen LogP contribution in [0.4, 0.5) is 5.82 Å². The minimum Gasteiger partial charge on any atom is -0.550 e. The Morgan fingerprint density at radius 1 is 1.28 bits per heavy atom. The number of amides is 1. The maximum absolute atomic E-state index is 11.4. The van der Waals surface area contributed by atoms with Crippen molar-refractivity contribution < 1.29 is 24.2 Å². The third-order valence-corrected chi connectivity index (χ3v) is 1.90. The molecule has 0 spiro atoms. The van der Waals surface area contributed by atoms with Crippen molar-refractivity contribution in [3.8, 4) is 11.9 Å². The van der Waals surface area contributed by atoms with Crippen LogP contribution >= 0.6 is 0 Å². The van der Waals surface area contributed by atoms with Gasteiger partial charge in [0.05, 0.1) is 14.2 Å². The first-order valence-corrected chi connectivity index (χ1v) is 5.02. The highest BCUT2D eigenvalue weighted by atomic mass is 16.5. The summed E-state index contributed by atoms with van der Waals surface area (Å²) in [7, 11) is 2.78. The predicted octanol–water partition coefficient (Wildman–Crippen LogP) is -1.04. The van der Waals surface area contributed by atoms with Crippen LogP contribution in [0.1, 0.15) is 12.8 Å². The highest BCUT2D eigenvalue weighted by Gasteiger charge is 2.08. The van der Waals surface area contributed by atoms with E-state index < -0.39 is 11.9 Å². The van der Waals surface area contributed by atoms with Crippen LogP contribution < -0.4 is 19.9 Å². The van der Waals surface area contributed by atoms with Crippen LogP contribution in [0.2, 0.25) is 0 Å². The summed E-state index contributed by atoms with van der Waals surface area (Å²) in [6.07, 6.45) is -0.553. The molecule has 8 heteroatoms. The molecule has 0 aliphatic carbocycles. The van der Waals surface area contributed by atoms with Crippen molar-refractivity contribution in [2.75, 3.05) is 19.5 Å². The number of nitrogens with one attached hydrogen (secondary N) is 1. The van der Waals surface area contributed by atoms with Crippen molar-refractivity contribution in [3.05, 3.63) is 6.07 Å². The highest BCUT2D eigenvalue weighted by molar-refractivity contribution is 5.91. The quantitative estimate of drug-likeness (QED) is 0.689. The second kappa shape index (κ2) is 6.38. The average molecular weight is 254 g/mol. The van der Waals surface area contributed by atoms with Gasteiger partial charge < -0.3 is 24.7 Å². The van der Waals surface area contributed by atoms with Gasteiger partial charge in [-0.05, 0) is 6.42 Å². The zero-order valence-corrected chi connectivity index (χ0v) is 9.93. The minimum atomic E-state index is -1.29. The molecule has 0 radical (unpaired) electrons. The number of carbonyl (C=O) groups excluding carboxylic acids is 2. The minimum absolute atomic E-state index is 0.0320. The Kier molecular flexibility index (Phi) is 4.85. The second-order valence-corrected chi connectivity index (χ2v) is 3.20. The number of hydrogen-bond donors (Lipinski definition) is 1. The number of carbonyl (C=O) groups is 2. The summed E-state index contributed by atoms with van der Waals surface area (Å²) in [6, 6.07) is 1.42. The molecule has 8 nitrogen and oxygen atoms in total. The fourth-order valence-electron chi connectivity index (χ4n) is 1.08. The molecule has 98 valence electrons. The molecular weight excluding hydrogens is 242 g/mol. The first kappa shape index (κ1) is 13.7. The van der Waals surface area contributed by atoms with E-state index >= 15 is 0 Å². The van der Waals surface area contributed by atoms with Crippen LogP contribution in [0.3, 0.4) is 0 Å². The van der Waals surface area contributed by atoms with Gasteiger partial charge in [-0.3, -0.25) is 4.79 Å². The van der Waals surface area contributed by atoms with Gasteiger partial charge in [0.2, 0.25) is 11.8 Å². The molecule has 1 heterocycles. The Morgan fingerprint density at radius 2 is 2.00 bits per heavy atom. The summed E-state index contributed by atoms with van der Waals surface area (Å²) in [6.45, 7) is 0. The van der Waals surface area contributed by atoms with Crippen molar-refractivity contribution in [1.29, 1.82) is 0 Å². The van der Waals surface area contributed by atoms with Gasteiger partial charge in [-0.1, -0.05) is 0 Å². The number of ether oxygens (including phenoxy) is 2. The topological polar surface area (TPSA) is 113 Å². The predicted molar refractivity (Wildman–Crippen MR) is 58.0 cm³/mol. The standard InChI is InChI=1S/C10H13N3O5/c1-17-8-5-6(12-10(13-8)18-2)11-7(14)3-4-9(15)16/h5H,3-4H2,1-2H3,(H,15,16)(H,11,12,13,14)/p-1. The van der Waals surface area contributed by atoms with Gasteiger partial charge in [0, 0.05) is 18.5 Å². The van der Waals surface area contributed by atoms with Crippen LogP contribution in [-0.4, -0.2) is 36.1 Å². The summed E-state index contributed by atoms with van der Waals surface area (Å²) < 4.78 is 9.71. The monoisotopic (exact) mass is 254 g/mol. The van der Waals surface area contributed by atoms with Gasteiger partial charge in [0.1, 0.15) is 5.82 Å². The number of nitrogens with zero attached hydrogens (tertiary/aromatic N) is 2. The lowest BCUT2D eigenvalue weighted by atomic mass is 10.3. The van der Waals surface area contributed by atoms with Crippen molar-refractivity contribution in [2.45, 2.75) is 12.8 Å². The molecule has 0 aromatic carbocycles. The van der Waals surface area contributed by atoms with Crippen molar-refractivity contribution in [3.63, 3.8) is 0 Å². The third-order valence-electron chi connectivity index (χ3n) is 1.90. The Labute approximate surface area is 103 Å². The van der Waals surface area contributed by atoms with Crippen LogP contribution in [0.15, 0.2) is 6.07 Å². The summed E-state index contributed by atoms with van der Waals surface area (Å²) in [5.74, 6) is -1.40. The van der Waals surface area contributed by atoms with Gasteiger partial charge in [-0.15, -0.1) is 0 Å². The molecule has 1 rings (SSSR count). The van der Waals surface area contributed by atoms with Gasteiger partial charge in [-0.2, -0.15) is 9.97 Å². The molecule has 1 amide bonds. The maximum atomic E-state index is 11.4. The number of hydrogen-bond acceptors (Lipinski definition) is 7. The number of anilines is 1. The number of aromatic nitrogens is 2. The lowest BCUT2D eigenvalue weighted by Crippen LogP contribution is -2.24. The van der Waals surface area contributed by atoms with E-state index in [1.165, 1.54) is 20.3 Å². The zero-order valence-electron chi connectivity index (χ0n) is 9.93. The largest absolute Gasteiger partial charge is 0.550 e. The van der Waals surface area contributed by atoms with E-state index in [1.807, 2.05) is 0 Å². The molecule has 0 saturated heterocycles. The van der Waals surface area contributed by atoms with Gasteiger partial charge >= 0.3 is 6.01 Å². The molecule has 0 aliphatic heterocycles. The Balaban J connectivity index is 2.71. The van der Waals surface area contributed by atoms with E-state index in [-0.39, 0.29) is 30.5 Å². The van der Waals surface area contributed by atoms with E-state index in [9.17, 15) is 14.7 Å². The molecule has 0 fully saturated rings. The normalized spacial score (nSPS) is 9.67. The fourth-order valence-corrected chi connectivity index (χ4v) is 1.08. The molecule has 0 atom stereocenters. The van der Waals surface area contributed by atoms with Crippen molar-refractivity contribution >= 4 is 17.7 Å². The molecule has 1 N–H and O–H groups in total. The summed E-state index contributed by atoms with van der Waals surface area (Å²) >= 11 is 0. The van der Waals surface area contributed by atoms with Crippen LogP contribution in [0, 0.1) is 0 Å². The van der Waals surface area contributed by atoms with E-state index in [0.717, 1.165) is 0 Å². The lowest BCUT2D eigenvalue weighted by Gasteiger charge is -2.07. The first-order chi connectivity index (χ1) is 8.55. The summed E-state index contributed by atoms with van der Waals surface area (Å²) in [5.41, 5.74) is 0.